The molecule has 0 saturated carbocycles. The molecule has 0 unspecified atom stereocenters. The van der Waals surface area contributed by atoms with E-state index in [0.717, 1.165) is 0 Å². The lowest BCUT2D eigenvalue weighted by Gasteiger charge is -2.27. The molecule has 4 atom stereocenters. The van der Waals surface area contributed by atoms with Gasteiger partial charge in [-0.3, -0.25) is 14.3 Å². The summed E-state index contributed by atoms with van der Waals surface area (Å²) in [5, 5.41) is 10.1. The minimum Gasteiger partial charge on any atom is -0.387 e. The molecule has 106 valence electrons. The fraction of sp³-hybridized carbons (Fsp3) is 0.545. The highest BCUT2D eigenvalue weighted by Crippen LogP contribution is 2.45. The van der Waals surface area contributed by atoms with Crippen molar-refractivity contribution in [3.8, 4) is 0 Å². The summed E-state index contributed by atoms with van der Waals surface area (Å²) in [6, 6.07) is 0. The van der Waals surface area contributed by atoms with Crippen LogP contribution in [0.2, 0.25) is 0 Å². The van der Waals surface area contributed by atoms with Gasteiger partial charge in [0.05, 0.1) is 12.9 Å². The van der Waals surface area contributed by atoms with E-state index in [1.165, 1.54) is 6.33 Å². The Kier molecular flexibility index (Phi) is 2.11. The maximum absolute atomic E-state index is 11.7. The number of nitrogen functional groups attached to an aromatic ring is 1. The molecule has 0 spiro atoms. The predicted octanol–water partition coefficient (Wildman–Crippen LogP) is -1.25. The molecule has 2 saturated heterocycles. The van der Waals surface area contributed by atoms with Crippen molar-refractivity contribution >= 4 is 17.1 Å². The highest BCUT2D eigenvalue weighted by atomic mass is 16.6. The number of nitrogens with one attached hydrogen (secondary N) is 1. The fourth-order valence-electron chi connectivity index (χ4n) is 2.81. The zero-order valence-electron chi connectivity index (χ0n) is 10.6. The van der Waals surface area contributed by atoms with Gasteiger partial charge in [-0.15, -0.1) is 0 Å². The Morgan fingerprint density at radius 1 is 1.65 bits per heavy atom. The third kappa shape index (κ3) is 1.34. The highest BCUT2D eigenvalue weighted by Gasteiger charge is 2.59. The number of aliphatic hydroxyl groups excluding tert-OH is 1. The van der Waals surface area contributed by atoms with Gasteiger partial charge >= 0.3 is 0 Å². The van der Waals surface area contributed by atoms with Crippen molar-refractivity contribution in [2.24, 2.45) is 0 Å². The van der Waals surface area contributed by atoms with Crippen LogP contribution in [0.1, 0.15) is 13.2 Å². The molecule has 2 aliphatic rings. The Bertz CT molecular complexity index is 755. The predicted molar refractivity (Wildman–Crippen MR) is 66.8 cm³/mol. The monoisotopic (exact) mass is 279 g/mol. The molecular weight excluding hydrogens is 266 g/mol. The Morgan fingerprint density at radius 3 is 3.10 bits per heavy atom. The molecule has 2 aromatic heterocycles. The van der Waals surface area contributed by atoms with Crippen LogP contribution in [0.15, 0.2) is 11.1 Å². The van der Waals surface area contributed by atoms with Crippen LogP contribution in [0, 0.1) is 0 Å². The van der Waals surface area contributed by atoms with Crippen LogP contribution in [-0.2, 0) is 9.47 Å². The number of nitrogens with two attached hydrogens (primary N) is 1. The normalized spacial score (nSPS) is 36.0. The van der Waals surface area contributed by atoms with Crippen molar-refractivity contribution in [1.82, 2.24) is 19.5 Å². The van der Waals surface area contributed by atoms with E-state index in [0.29, 0.717) is 12.3 Å². The van der Waals surface area contributed by atoms with Gasteiger partial charge in [0.15, 0.2) is 17.4 Å². The van der Waals surface area contributed by atoms with E-state index in [2.05, 4.69) is 15.0 Å². The molecule has 9 heteroatoms. The lowest BCUT2D eigenvalue weighted by Crippen LogP contribution is -2.36. The molecule has 2 aromatic rings. The second-order valence-corrected chi connectivity index (χ2v) is 5.32. The lowest BCUT2D eigenvalue weighted by atomic mass is 10.0. The fourth-order valence-corrected chi connectivity index (χ4v) is 2.81. The summed E-state index contributed by atoms with van der Waals surface area (Å²) in [7, 11) is 0. The lowest BCUT2D eigenvalue weighted by molar-refractivity contribution is -0.164. The minimum atomic E-state index is -0.751. The number of hydrogen-bond donors (Lipinski definition) is 3. The molecule has 2 fully saturated rings. The molecule has 4 heterocycles. The molecule has 0 amide bonds. The molecule has 0 radical (unpaired) electrons. The summed E-state index contributed by atoms with van der Waals surface area (Å²) in [5.74, 6) is 0.0000787. The summed E-state index contributed by atoms with van der Waals surface area (Å²) in [6.45, 7) is 2.11. The van der Waals surface area contributed by atoms with Crippen LogP contribution in [0.4, 0.5) is 5.95 Å². The first-order valence-corrected chi connectivity index (χ1v) is 6.19. The number of nitrogens with zero attached hydrogens (tertiary/aromatic N) is 3. The van der Waals surface area contributed by atoms with E-state index in [1.54, 1.807) is 11.5 Å². The molecule has 2 bridgehead atoms. The van der Waals surface area contributed by atoms with Crippen molar-refractivity contribution in [1.29, 1.82) is 0 Å². The summed E-state index contributed by atoms with van der Waals surface area (Å²) in [4.78, 5) is 22.2. The first-order valence-electron chi connectivity index (χ1n) is 6.19. The van der Waals surface area contributed by atoms with Crippen LogP contribution < -0.4 is 11.3 Å². The van der Waals surface area contributed by atoms with Gasteiger partial charge in [0.2, 0.25) is 5.95 Å². The maximum Gasteiger partial charge on any atom is 0.280 e. The molecule has 20 heavy (non-hydrogen) atoms. The first kappa shape index (κ1) is 11.8. The molecule has 2 aliphatic heterocycles. The average Bonchev–Trinajstić information content (AvgIpc) is 2.99. The Morgan fingerprint density at radius 2 is 2.45 bits per heavy atom. The van der Waals surface area contributed by atoms with Crippen LogP contribution in [0.5, 0.6) is 0 Å². The van der Waals surface area contributed by atoms with Crippen LogP contribution >= 0.6 is 0 Å². The van der Waals surface area contributed by atoms with E-state index in [4.69, 9.17) is 15.2 Å². The number of rotatable bonds is 1. The van der Waals surface area contributed by atoms with Gasteiger partial charge in [-0.2, -0.15) is 4.98 Å². The van der Waals surface area contributed by atoms with Gasteiger partial charge in [0, 0.05) is 0 Å². The van der Waals surface area contributed by atoms with Crippen molar-refractivity contribution in [3.05, 3.63) is 16.7 Å². The van der Waals surface area contributed by atoms with E-state index < -0.39 is 29.6 Å². The van der Waals surface area contributed by atoms with Crippen LogP contribution in [-0.4, -0.2) is 49.0 Å². The van der Waals surface area contributed by atoms with Gasteiger partial charge in [-0.05, 0) is 6.92 Å². The summed E-state index contributed by atoms with van der Waals surface area (Å²) in [6.07, 6.45) is -0.386. The van der Waals surface area contributed by atoms with Gasteiger partial charge in [-0.25, -0.2) is 4.98 Å². The summed E-state index contributed by atoms with van der Waals surface area (Å²) < 4.78 is 13.0. The number of fused-ring (bicyclic) bond motifs is 3. The van der Waals surface area contributed by atoms with Crippen molar-refractivity contribution in [2.75, 3.05) is 12.3 Å². The summed E-state index contributed by atoms with van der Waals surface area (Å²) in [5.41, 5.74) is 4.87. The Balaban J connectivity index is 1.87. The van der Waals surface area contributed by atoms with E-state index in [1.807, 2.05) is 0 Å². The largest absolute Gasteiger partial charge is 0.387 e. The smallest absolute Gasteiger partial charge is 0.280 e. The SMILES string of the molecule is C[C@@]12CO[C@@H]([C@H](n3cnc4c(=O)[nH]c(N)nc43)O1)[C@@H]2O. The number of imidazole rings is 1. The molecule has 4 rings (SSSR count). The third-order valence-corrected chi connectivity index (χ3v) is 3.90. The quantitative estimate of drug-likeness (QED) is 0.594. The van der Waals surface area contributed by atoms with Crippen molar-refractivity contribution in [3.63, 3.8) is 0 Å². The van der Waals surface area contributed by atoms with Crippen LogP contribution in [0.3, 0.4) is 0 Å². The molecule has 0 aromatic carbocycles. The van der Waals surface area contributed by atoms with Gasteiger partial charge < -0.3 is 20.3 Å². The van der Waals surface area contributed by atoms with Crippen molar-refractivity contribution < 1.29 is 14.6 Å². The molecule has 9 nitrogen and oxygen atoms in total. The molecular formula is C11H13N5O4. The zero-order chi connectivity index (χ0) is 14.1. The van der Waals surface area contributed by atoms with Crippen molar-refractivity contribution in [2.45, 2.75) is 31.0 Å². The number of aliphatic hydroxyl groups is 1. The topological polar surface area (TPSA) is 128 Å². The molecule has 0 aliphatic carbocycles. The number of aromatic nitrogens is 4. The minimum absolute atomic E-state index is 0.0000787. The Hall–Kier alpha value is -1.97. The number of aromatic amines is 1. The Labute approximate surface area is 112 Å². The van der Waals surface area contributed by atoms with E-state index in [-0.39, 0.29) is 11.5 Å². The summed E-state index contributed by atoms with van der Waals surface area (Å²) >= 11 is 0. The maximum atomic E-state index is 11.7. The standard InChI is InChI=1S/C11H13N5O4/c1-11-2-19-5(6(11)17)9(20-11)16-3-13-4-7(16)14-10(12)15-8(4)18/h3,5-6,9,17H,2H2,1H3,(H3,12,14,15,18)/t5-,6+,9-,11+/m1/s1. The van der Waals surface area contributed by atoms with E-state index in [9.17, 15) is 9.90 Å². The first-order chi connectivity index (χ1) is 9.49. The number of H-pyrrole nitrogens is 1. The van der Waals surface area contributed by atoms with Gasteiger partial charge in [0.25, 0.3) is 5.56 Å². The number of hydrogen-bond acceptors (Lipinski definition) is 7. The second kappa shape index (κ2) is 3.57. The second-order valence-electron chi connectivity index (χ2n) is 5.32. The average molecular weight is 279 g/mol. The molecule has 4 N–H and O–H groups in total. The number of anilines is 1. The zero-order valence-corrected chi connectivity index (χ0v) is 10.6. The third-order valence-electron chi connectivity index (χ3n) is 3.90. The van der Waals surface area contributed by atoms with Crippen LogP contribution in [0.25, 0.3) is 11.2 Å². The highest BCUT2D eigenvalue weighted by molar-refractivity contribution is 5.70. The van der Waals surface area contributed by atoms with Gasteiger partial charge in [0.1, 0.15) is 17.8 Å². The van der Waals surface area contributed by atoms with E-state index >= 15 is 0 Å². The number of ether oxygens (including phenoxy) is 2. The van der Waals surface area contributed by atoms with Gasteiger partial charge in [-0.1, -0.05) is 0 Å².